The molecule has 6 heteroatoms. The SMILES string of the molecule is COc1ccc(C(NCC(=O)Nc2cccc(F)c2)c2ccc(F)cc2)cc1. The minimum Gasteiger partial charge on any atom is -0.497 e. The van der Waals surface area contributed by atoms with Crippen LogP contribution in [-0.4, -0.2) is 19.6 Å². The molecule has 0 bridgehead atoms. The van der Waals surface area contributed by atoms with Gasteiger partial charge in [0.25, 0.3) is 0 Å². The van der Waals surface area contributed by atoms with Crippen molar-refractivity contribution in [3.8, 4) is 5.75 Å². The lowest BCUT2D eigenvalue weighted by Gasteiger charge is -2.20. The topological polar surface area (TPSA) is 50.4 Å². The number of halogens is 2. The van der Waals surface area contributed by atoms with Crippen molar-refractivity contribution >= 4 is 11.6 Å². The van der Waals surface area contributed by atoms with E-state index in [2.05, 4.69) is 10.6 Å². The van der Waals surface area contributed by atoms with E-state index in [1.165, 1.54) is 30.3 Å². The Bertz CT molecular complexity index is 928. The third-order valence-corrected chi connectivity index (χ3v) is 4.23. The van der Waals surface area contributed by atoms with Crippen molar-refractivity contribution in [2.75, 3.05) is 19.0 Å². The van der Waals surface area contributed by atoms with Crippen molar-refractivity contribution < 1.29 is 18.3 Å². The monoisotopic (exact) mass is 382 g/mol. The number of hydrogen-bond donors (Lipinski definition) is 2. The van der Waals surface area contributed by atoms with Crippen LogP contribution in [0.5, 0.6) is 5.75 Å². The van der Waals surface area contributed by atoms with Gasteiger partial charge in [0.05, 0.1) is 19.7 Å². The molecule has 0 fully saturated rings. The Morgan fingerprint density at radius 2 is 1.57 bits per heavy atom. The summed E-state index contributed by atoms with van der Waals surface area (Å²) in [6.07, 6.45) is 0. The Morgan fingerprint density at radius 1 is 0.929 bits per heavy atom. The van der Waals surface area contributed by atoms with Gasteiger partial charge in [-0.05, 0) is 53.6 Å². The fraction of sp³-hybridized carbons (Fsp3) is 0.136. The van der Waals surface area contributed by atoms with E-state index >= 15 is 0 Å². The highest BCUT2D eigenvalue weighted by molar-refractivity contribution is 5.92. The minimum atomic E-state index is -0.423. The molecule has 1 unspecified atom stereocenters. The first kappa shape index (κ1) is 19.5. The predicted molar refractivity (Wildman–Crippen MR) is 104 cm³/mol. The summed E-state index contributed by atoms with van der Waals surface area (Å²) in [5.41, 5.74) is 2.09. The van der Waals surface area contributed by atoms with E-state index in [4.69, 9.17) is 4.74 Å². The van der Waals surface area contributed by atoms with Gasteiger partial charge in [0.15, 0.2) is 0 Å². The van der Waals surface area contributed by atoms with Crippen LogP contribution in [0.1, 0.15) is 17.2 Å². The van der Waals surface area contributed by atoms with Crippen LogP contribution in [0.25, 0.3) is 0 Å². The molecule has 1 atom stereocenters. The fourth-order valence-electron chi connectivity index (χ4n) is 2.85. The van der Waals surface area contributed by atoms with Gasteiger partial charge in [0.1, 0.15) is 17.4 Å². The lowest BCUT2D eigenvalue weighted by Crippen LogP contribution is -2.32. The van der Waals surface area contributed by atoms with E-state index < -0.39 is 5.82 Å². The number of carbonyl (C=O) groups excluding carboxylic acids is 1. The van der Waals surface area contributed by atoms with Crippen LogP contribution in [0.2, 0.25) is 0 Å². The quantitative estimate of drug-likeness (QED) is 0.641. The van der Waals surface area contributed by atoms with Crippen molar-refractivity contribution in [2.24, 2.45) is 0 Å². The van der Waals surface area contributed by atoms with Crippen molar-refractivity contribution in [3.05, 3.63) is 95.6 Å². The van der Waals surface area contributed by atoms with E-state index in [9.17, 15) is 13.6 Å². The smallest absolute Gasteiger partial charge is 0.238 e. The summed E-state index contributed by atoms with van der Waals surface area (Å²) >= 11 is 0. The van der Waals surface area contributed by atoms with Crippen LogP contribution in [0.3, 0.4) is 0 Å². The molecule has 0 aliphatic rings. The third-order valence-electron chi connectivity index (χ3n) is 4.23. The minimum absolute atomic E-state index is 0.00934. The number of amides is 1. The summed E-state index contributed by atoms with van der Waals surface area (Å²) in [7, 11) is 1.58. The molecule has 4 nitrogen and oxygen atoms in total. The Balaban J connectivity index is 1.74. The Kier molecular flexibility index (Phi) is 6.34. The van der Waals surface area contributed by atoms with E-state index in [1.807, 2.05) is 24.3 Å². The molecule has 3 aromatic rings. The Hall–Kier alpha value is -3.25. The molecule has 3 aromatic carbocycles. The van der Waals surface area contributed by atoms with Crippen LogP contribution in [0.15, 0.2) is 72.8 Å². The average molecular weight is 382 g/mol. The number of carbonyl (C=O) groups is 1. The maximum atomic E-state index is 13.3. The zero-order valence-corrected chi connectivity index (χ0v) is 15.3. The molecule has 3 rings (SSSR count). The molecule has 0 aliphatic heterocycles. The lowest BCUT2D eigenvalue weighted by atomic mass is 9.98. The number of benzene rings is 3. The zero-order chi connectivity index (χ0) is 19.9. The highest BCUT2D eigenvalue weighted by atomic mass is 19.1. The molecule has 0 saturated heterocycles. The summed E-state index contributed by atoms with van der Waals surface area (Å²) in [6, 6.07) is 18.9. The van der Waals surface area contributed by atoms with Gasteiger partial charge in [-0.2, -0.15) is 0 Å². The number of hydrogen-bond acceptors (Lipinski definition) is 3. The van der Waals surface area contributed by atoms with Crippen LogP contribution in [0, 0.1) is 11.6 Å². The molecular formula is C22H20F2N2O2. The van der Waals surface area contributed by atoms with Gasteiger partial charge in [-0.1, -0.05) is 30.3 Å². The first-order valence-corrected chi connectivity index (χ1v) is 8.73. The summed E-state index contributed by atoms with van der Waals surface area (Å²) in [5, 5.41) is 5.82. The molecule has 0 aliphatic carbocycles. The van der Waals surface area contributed by atoms with Crippen LogP contribution in [-0.2, 0) is 4.79 Å². The van der Waals surface area contributed by atoms with Gasteiger partial charge < -0.3 is 10.1 Å². The third kappa shape index (κ3) is 5.14. The van der Waals surface area contributed by atoms with Crippen molar-refractivity contribution in [2.45, 2.75) is 6.04 Å². The average Bonchev–Trinajstić information content (AvgIpc) is 2.70. The second kappa shape index (κ2) is 9.10. The molecule has 0 saturated carbocycles. The summed E-state index contributed by atoms with van der Waals surface area (Å²) in [6.45, 7) is -0.00934. The van der Waals surface area contributed by atoms with E-state index in [-0.39, 0.29) is 24.3 Å². The van der Waals surface area contributed by atoms with Gasteiger partial charge in [-0.15, -0.1) is 0 Å². The molecule has 0 aromatic heterocycles. The van der Waals surface area contributed by atoms with Gasteiger partial charge in [-0.3, -0.25) is 10.1 Å². The summed E-state index contributed by atoms with van der Waals surface area (Å²) in [4.78, 5) is 12.3. The molecule has 1 amide bonds. The van der Waals surface area contributed by atoms with Crippen molar-refractivity contribution in [3.63, 3.8) is 0 Å². The standard InChI is InChI=1S/C22H20F2N2O2/c1-28-20-11-7-16(8-12-20)22(15-5-9-17(23)10-6-15)25-14-21(27)26-19-4-2-3-18(24)13-19/h2-13,22,25H,14H2,1H3,(H,26,27). The normalized spacial score (nSPS) is 11.7. The van der Waals surface area contributed by atoms with Gasteiger partial charge in [0.2, 0.25) is 5.91 Å². The van der Waals surface area contributed by atoms with Gasteiger partial charge in [0, 0.05) is 5.69 Å². The number of nitrogens with one attached hydrogen (secondary N) is 2. The molecular weight excluding hydrogens is 362 g/mol. The summed E-state index contributed by atoms with van der Waals surface area (Å²) < 4.78 is 31.7. The Labute approximate surface area is 162 Å². The molecule has 0 heterocycles. The van der Waals surface area contributed by atoms with Crippen molar-refractivity contribution in [1.29, 1.82) is 0 Å². The fourth-order valence-corrected chi connectivity index (χ4v) is 2.85. The largest absolute Gasteiger partial charge is 0.497 e. The first-order valence-electron chi connectivity index (χ1n) is 8.73. The molecule has 28 heavy (non-hydrogen) atoms. The van der Waals surface area contributed by atoms with E-state index in [0.29, 0.717) is 11.4 Å². The van der Waals surface area contributed by atoms with Crippen LogP contribution >= 0.6 is 0 Å². The van der Waals surface area contributed by atoms with Gasteiger partial charge >= 0.3 is 0 Å². The van der Waals surface area contributed by atoms with E-state index in [0.717, 1.165) is 11.1 Å². The number of rotatable bonds is 7. The molecule has 144 valence electrons. The maximum absolute atomic E-state index is 13.3. The second-order valence-corrected chi connectivity index (χ2v) is 6.20. The highest BCUT2D eigenvalue weighted by Gasteiger charge is 2.16. The molecule has 0 radical (unpaired) electrons. The molecule has 2 N–H and O–H groups in total. The number of anilines is 1. The van der Waals surface area contributed by atoms with Gasteiger partial charge in [-0.25, -0.2) is 8.78 Å². The van der Waals surface area contributed by atoms with Crippen molar-refractivity contribution in [1.82, 2.24) is 5.32 Å². The predicted octanol–water partition coefficient (Wildman–Crippen LogP) is 4.29. The number of methoxy groups -OCH3 is 1. The maximum Gasteiger partial charge on any atom is 0.238 e. The lowest BCUT2D eigenvalue weighted by molar-refractivity contribution is -0.115. The van der Waals surface area contributed by atoms with Crippen LogP contribution in [0.4, 0.5) is 14.5 Å². The zero-order valence-electron chi connectivity index (χ0n) is 15.3. The van der Waals surface area contributed by atoms with Crippen LogP contribution < -0.4 is 15.4 Å². The second-order valence-electron chi connectivity index (χ2n) is 6.20. The molecule has 0 spiro atoms. The Morgan fingerprint density at radius 3 is 2.18 bits per heavy atom. The van der Waals surface area contributed by atoms with E-state index in [1.54, 1.807) is 25.3 Å². The number of ether oxygens (including phenoxy) is 1. The summed E-state index contributed by atoms with van der Waals surface area (Å²) in [5.74, 6) is -0.356. The highest BCUT2D eigenvalue weighted by Crippen LogP contribution is 2.24. The first-order chi connectivity index (χ1) is 13.5.